The van der Waals surface area contributed by atoms with Crippen LogP contribution >= 0.6 is 0 Å². The van der Waals surface area contributed by atoms with Crippen LogP contribution in [-0.2, 0) is 5.41 Å². The summed E-state index contributed by atoms with van der Waals surface area (Å²) in [5.41, 5.74) is 9.89. The van der Waals surface area contributed by atoms with E-state index in [2.05, 4.69) is 91.2 Å². The second kappa shape index (κ2) is 9.51. The van der Waals surface area contributed by atoms with Crippen molar-refractivity contribution in [3.05, 3.63) is 147 Å². The van der Waals surface area contributed by atoms with Gasteiger partial charge in [-0.1, -0.05) is 92.7 Å². The first-order chi connectivity index (χ1) is 22.0. The molecule has 2 aliphatic rings. The predicted molar refractivity (Wildman–Crippen MR) is 185 cm³/mol. The van der Waals surface area contributed by atoms with Gasteiger partial charge in [0.2, 0.25) is 0 Å². The SMILES string of the molecule is CC1(C)c2ccccc2-c2cc3c4c(n(-c5cccc(-c6nc7ccccc7c(=O)n6-c6ccccc6)c5)c3cc21)=CCCC=4. The highest BCUT2D eigenvalue weighted by molar-refractivity contribution is 5.94. The van der Waals surface area contributed by atoms with Gasteiger partial charge in [-0.25, -0.2) is 4.98 Å². The van der Waals surface area contributed by atoms with Crippen LogP contribution in [0.4, 0.5) is 0 Å². The van der Waals surface area contributed by atoms with Crippen molar-refractivity contribution < 1.29 is 0 Å². The van der Waals surface area contributed by atoms with E-state index in [1.165, 1.54) is 43.7 Å². The topological polar surface area (TPSA) is 39.8 Å². The third-order valence-electron chi connectivity index (χ3n) is 9.75. The van der Waals surface area contributed by atoms with E-state index in [4.69, 9.17) is 4.98 Å². The second-order valence-electron chi connectivity index (χ2n) is 12.7. The summed E-state index contributed by atoms with van der Waals surface area (Å²) >= 11 is 0. The Morgan fingerprint density at radius 2 is 1.40 bits per heavy atom. The minimum atomic E-state index is -0.0915. The molecule has 4 nitrogen and oxygen atoms in total. The summed E-state index contributed by atoms with van der Waals surface area (Å²) in [6.07, 6.45) is 6.82. The largest absolute Gasteiger partial charge is 0.310 e. The Kier molecular flexibility index (Phi) is 5.49. The van der Waals surface area contributed by atoms with E-state index in [1.54, 1.807) is 4.57 Å². The predicted octanol–water partition coefficient (Wildman–Crippen LogP) is 7.66. The van der Waals surface area contributed by atoms with Crippen molar-refractivity contribution in [3.8, 4) is 33.9 Å². The van der Waals surface area contributed by atoms with Crippen LogP contribution in [0.3, 0.4) is 0 Å². The van der Waals surface area contributed by atoms with Gasteiger partial charge in [-0.05, 0) is 83.6 Å². The normalized spacial score (nSPS) is 14.4. The molecule has 2 aliphatic carbocycles. The molecule has 0 bridgehead atoms. The lowest BCUT2D eigenvalue weighted by Gasteiger charge is -2.21. The Balaban J connectivity index is 1.32. The molecule has 0 spiro atoms. The molecule has 0 unspecified atom stereocenters. The zero-order valence-electron chi connectivity index (χ0n) is 25.3. The zero-order chi connectivity index (χ0) is 30.3. The van der Waals surface area contributed by atoms with Gasteiger partial charge in [0, 0.05) is 32.6 Å². The van der Waals surface area contributed by atoms with E-state index < -0.39 is 0 Å². The first-order valence-corrected chi connectivity index (χ1v) is 15.7. The Hall–Kier alpha value is -5.48. The molecule has 7 aromatic rings. The van der Waals surface area contributed by atoms with Crippen LogP contribution in [0.15, 0.2) is 120 Å². The lowest BCUT2D eigenvalue weighted by atomic mass is 9.82. The minimum Gasteiger partial charge on any atom is -0.310 e. The minimum absolute atomic E-state index is 0.0729. The van der Waals surface area contributed by atoms with Gasteiger partial charge in [0.15, 0.2) is 0 Å². The molecule has 0 aliphatic heterocycles. The van der Waals surface area contributed by atoms with Gasteiger partial charge in [0.1, 0.15) is 5.82 Å². The summed E-state index contributed by atoms with van der Waals surface area (Å²) in [4.78, 5) is 19.1. The molecule has 2 heterocycles. The first kappa shape index (κ1) is 26.0. The summed E-state index contributed by atoms with van der Waals surface area (Å²) in [7, 11) is 0. The van der Waals surface area contributed by atoms with Gasteiger partial charge in [0.05, 0.1) is 22.1 Å². The molecular weight excluding hydrogens is 550 g/mol. The Bertz CT molecular complexity index is 2530. The molecule has 5 aromatic carbocycles. The number of benzene rings is 5. The van der Waals surface area contributed by atoms with Gasteiger partial charge in [-0.3, -0.25) is 9.36 Å². The first-order valence-electron chi connectivity index (χ1n) is 15.7. The van der Waals surface area contributed by atoms with Crippen LogP contribution in [0.1, 0.15) is 37.8 Å². The monoisotopic (exact) mass is 581 g/mol. The van der Waals surface area contributed by atoms with E-state index in [-0.39, 0.29) is 11.0 Å². The number of hydrogen-bond acceptors (Lipinski definition) is 2. The van der Waals surface area contributed by atoms with Gasteiger partial charge in [-0.15, -0.1) is 0 Å². The van der Waals surface area contributed by atoms with Crippen LogP contribution in [0, 0.1) is 0 Å². The summed E-state index contributed by atoms with van der Waals surface area (Å²) in [5, 5.41) is 4.42. The molecule has 0 radical (unpaired) electrons. The van der Waals surface area contributed by atoms with Gasteiger partial charge >= 0.3 is 0 Å². The van der Waals surface area contributed by atoms with Crippen LogP contribution in [-0.4, -0.2) is 14.1 Å². The molecular formula is C41H31N3O. The molecule has 2 aromatic heterocycles. The van der Waals surface area contributed by atoms with Crippen molar-refractivity contribution in [2.45, 2.75) is 32.1 Å². The number of aromatic nitrogens is 3. The van der Waals surface area contributed by atoms with Crippen molar-refractivity contribution in [1.29, 1.82) is 0 Å². The average molecular weight is 582 g/mol. The lowest BCUT2D eigenvalue weighted by Crippen LogP contribution is -2.30. The molecule has 0 saturated heterocycles. The maximum absolute atomic E-state index is 14.0. The third kappa shape index (κ3) is 3.72. The van der Waals surface area contributed by atoms with E-state index in [9.17, 15) is 4.79 Å². The van der Waals surface area contributed by atoms with E-state index in [1.807, 2.05) is 54.6 Å². The molecule has 0 saturated carbocycles. The molecule has 4 heteroatoms. The quantitative estimate of drug-likeness (QED) is 0.215. The smallest absolute Gasteiger partial charge is 0.266 e. The highest BCUT2D eigenvalue weighted by atomic mass is 16.1. The molecule has 0 N–H and O–H groups in total. The fourth-order valence-corrected chi connectivity index (χ4v) is 7.59. The molecule has 0 fully saturated rings. The van der Waals surface area contributed by atoms with Crippen molar-refractivity contribution in [1.82, 2.24) is 14.1 Å². The van der Waals surface area contributed by atoms with Crippen LogP contribution < -0.4 is 16.1 Å². The van der Waals surface area contributed by atoms with E-state index in [0.717, 1.165) is 29.8 Å². The molecule has 45 heavy (non-hydrogen) atoms. The van der Waals surface area contributed by atoms with Gasteiger partial charge in [-0.2, -0.15) is 0 Å². The van der Waals surface area contributed by atoms with Crippen molar-refractivity contribution in [2.24, 2.45) is 0 Å². The summed E-state index contributed by atoms with van der Waals surface area (Å²) in [6, 6.07) is 39.6. The summed E-state index contributed by atoms with van der Waals surface area (Å²) < 4.78 is 4.16. The number of para-hydroxylation sites is 2. The fourth-order valence-electron chi connectivity index (χ4n) is 7.59. The Morgan fingerprint density at radius 1 is 0.644 bits per heavy atom. The number of hydrogen-bond donors (Lipinski definition) is 0. The Morgan fingerprint density at radius 3 is 2.29 bits per heavy atom. The molecule has 216 valence electrons. The van der Waals surface area contributed by atoms with Crippen LogP contribution in [0.2, 0.25) is 0 Å². The van der Waals surface area contributed by atoms with E-state index in [0.29, 0.717) is 16.7 Å². The number of nitrogens with zero attached hydrogens (tertiary/aromatic N) is 3. The van der Waals surface area contributed by atoms with E-state index >= 15 is 0 Å². The number of fused-ring (bicyclic) bond motifs is 7. The highest BCUT2D eigenvalue weighted by Crippen LogP contribution is 2.49. The Labute approximate surface area is 260 Å². The fraction of sp³-hybridized carbons (Fsp3) is 0.122. The zero-order valence-corrected chi connectivity index (χ0v) is 25.3. The average Bonchev–Trinajstić information content (AvgIpc) is 3.52. The van der Waals surface area contributed by atoms with Crippen molar-refractivity contribution >= 4 is 34.0 Å². The molecule has 0 atom stereocenters. The molecule has 9 rings (SSSR count). The van der Waals surface area contributed by atoms with Crippen LogP contribution in [0.25, 0.3) is 67.8 Å². The standard InChI is InChI=1S/C41H31N3O/c1-41(2)34-20-9-6-17-29(34)32-24-33-30-18-8-11-22-37(30)43(38(33)25-35(32)41)28-16-12-13-26(23-28)39-42-36-21-10-7-19-31(36)40(45)44(39)27-14-4-3-5-15-27/h3-7,9-10,12-25H,8,11H2,1-2H3. The van der Waals surface area contributed by atoms with Crippen molar-refractivity contribution in [3.63, 3.8) is 0 Å². The summed E-state index contributed by atoms with van der Waals surface area (Å²) in [5.74, 6) is 0.630. The highest BCUT2D eigenvalue weighted by Gasteiger charge is 2.36. The second-order valence-corrected chi connectivity index (χ2v) is 12.7. The lowest BCUT2D eigenvalue weighted by molar-refractivity contribution is 0.661. The van der Waals surface area contributed by atoms with Gasteiger partial charge in [0.25, 0.3) is 5.56 Å². The molecule has 0 amide bonds. The maximum atomic E-state index is 14.0. The van der Waals surface area contributed by atoms with Crippen molar-refractivity contribution in [2.75, 3.05) is 0 Å². The maximum Gasteiger partial charge on any atom is 0.266 e. The number of rotatable bonds is 3. The third-order valence-corrected chi connectivity index (χ3v) is 9.75. The van der Waals surface area contributed by atoms with Crippen LogP contribution in [0.5, 0.6) is 0 Å². The van der Waals surface area contributed by atoms with Gasteiger partial charge < -0.3 is 4.57 Å². The summed E-state index contributed by atoms with van der Waals surface area (Å²) in [6.45, 7) is 4.67.